The number of nitrogens with one attached hydrogen (secondary N) is 1. The highest BCUT2D eigenvalue weighted by atomic mass is 32.2. The first-order chi connectivity index (χ1) is 12.7. The molecule has 0 bridgehead atoms. The van der Waals surface area contributed by atoms with Crippen LogP contribution in [0, 0.1) is 6.92 Å². The Hall–Kier alpha value is -2.23. The standard InChI is InChI=1S/C18H22N4O3S2/c1-12(2)21(4)27(24,25)16-7-5-14(6-8-16)19-10-15-9-17(23)22-13(3)11-26-18(22)20-15/h5-9,11-12,19H,10H2,1-4H3. The smallest absolute Gasteiger partial charge is 0.259 e. The maximum Gasteiger partial charge on any atom is 0.259 e. The number of rotatable bonds is 6. The van der Waals surface area contributed by atoms with Gasteiger partial charge in [-0.25, -0.2) is 13.4 Å². The van der Waals surface area contributed by atoms with E-state index in [-0.39, 0.29) is 16.5 Å². The summed E-state index contributed by atoms with van der Waals surface area (Å²) in [6.45, 7) is 5.90. The topological polar surface area (TPSA) is 83.8 Å². The molecule has 0 fully saturated rings. The average Bonchev–Trinajstić information content (AvgIpc) is 3.01. The van der Waals surface area contributed by atoms with Crippen molar-refractivity contribution in [2.45, 2.75) is 38.3 Å². The highest BCUT2D eigenvalue weighted by molar-refractivity contribution is 7.89. The molecule has 0 aliphatic heterocycles. The van der Waals surface area contributed by atoms with Crippen LogP contribution in [-0.4, -0.2) is 35.2 Å². The van der Waals surface area contributed by atoms with Crippen LogP contribution in [-0.2, 0) is 16.6 Å². The first-order valence-electron chi connectivity index (χ1n) is 8.49. The number of hydrogen-bond acceptors (Lipinski definition) is 6. The monoisotopic (exact) mass is 406 g/mol. The van der Waals surface area contributed by atoms with E-state index in [0.717, 1.165) is 11.4 Å². The summed E-state index contributed by atoms with van der Waals surface area (Å²) < 4.78 is 27.9. The van der Waals surface area contributed by atoms with Gasteiger partial charge in [-0.3, -0.25) is 9.20 Å². The van der Waals surface area contributed by atoms with E-state index in [4.69, 9.17) is 0 Å². The Kier molecular flexibility index (Phi) is 5.36. The van der Waals surface area contributed by atoms with Crippen LogP contribution in [0.25, 0.3) is 4.96 Å². The highest BCUT2D eigenvalue weighted by Crippen LogP contribution is 2.19. The Morgan fingerprint density at radius 1 is 1.26 bits per heavy atom. The Morgan fingerprint density at radius 2 is 1.93 bits per heavy atom. The SMILES string of the molecule is Cc1csc2nc(CNc3ccc(S(=O)(=O)N(C)C(C)C)cc3)cc(=O)n12. The second-order valence-corrected chi connectivity index (χ2v) is 9.41. The fraction of sp³-hybridized carbons (Fsp3) is 0.333. The van der Waals surface area contributed by atoms with Gasteiger partial charge >= 0.3 is 0 Å². The summed E-state index contributed by atoms with van der Waals surface area (Å²) in [6.07, 6.45) is 0. The van der Waals surface area contributed by atoms with E-state index in [2.05, 4.69) is 10.3 Å². The zero-order valence-electron chi connectivity index (χ0n) is 15.6. The van der Waals surface area contributed by atoms with Crippen molar-refractivity contribution >= 4 is 32.0 Å². The number of fused-ring (bicyclic) bond motifs is 1. The summed E-state index contributed by atoms with van der Waals surface area (Å²) in [7, 11) is -1.93. The number of aromatic nitrogens is 2. The quantitative estimate of drug-likeness (QED) is 0.680. The van der Waals surface area contributed by atoms with Gasteiger partial charge in [0.25, 0.3) is 5.56 Å². The maximum absolute atomic E-state index is 12.5. The van der Waals surface area contributed by atoms with Gasteiger partial charge in [0.1, 0.15) is 0 Å². The average molecular weight is 407 g/mol. The molecular formula is C18H22N4O3S2. The fourth-order valence-corrected chi connectivity index (χ4v) is 4.83. The highest BCUT2D eigenvalue weighted by Gasteiger charge is 2.22. The maximum atomic E-state index is 12.5. The largest absolute Gasteiger partial charge is 0.379 e. The van der Waals surface area contributed by atoms with Crippen LogP contribution in [0.4, 0.5) is 5.69 Å². The van der Waals surface area contributed by atoms with E-state index in [1.54, 1.807) is 35.7 Å². The summed E-state index contributed by atoms with van der Waals surface area (Å²) in [5.41, 5.74) is 2.16. The van der Waals surface area contributed by atoms with Crippen molar-refractivity contribution in [1.29, 1.82) is 0 Å². The summed E-state index contributed by atoms with van der Waals surface area (Å²) >= 11 is 1.43. The van der Waals surface area contributed by atoms with Crippen LogP contribution in [0.5, 0.6) is 0 Å². The van der Waals surface area contributed by atoms with Gasteiger partial charge in [-0.05, 0) is 45.0 Å². The number of anilines is 1. The molecule has 2 heterocycles. The van der Waals surface area contributed by atoms with Gasteiger partial charge in [0.05, 0.1) is 17.1 Å². The Labute approximate surface area is 162 Å². The van der Waals surface area contributed by atoms with Crippen molar-refractivity contribution in [3.8, 4) is 0 Å². The molecule has 0 aliphatic rings. The van der Waals surface area contributed by atoms with E-state index in [0.29, 0.717) is 17.2 Å². The second kappa shape index (κ2) is 7.41. The van der Waals surface area contributed by atoms with Crippen LogP contribution >= 0.6 is 11.3 Å². The lowest BCUT2D eigenvalue weighted by molar-refractivity contribution is 0.410. The van der Waals surface area contributed by atoms with Crippen molar-refractivity contribution < 1.29 is 8.42 Å². The molecule has 3 aromatic rings. The number of sulfonamides is 1. The van der Waals surface area contributed by atoms with Crippen LogP contribution in [0.2, 0.25) is 0 Å². The van der Waals surface area contributed by atoms with E-state index in [1.807, 2.05) is 26.2 Å². The Balaban J connectivity index is 1.75. The van der Waals surface area contributed by atoms with Crippen LogP contribution in [0.15, 0.2) is 45.4 Å². The molecule has 0 atom stereocenters. The van der Waals surface area contributed by atoms with Gasteiger partial charge in [0, 0.05) is 35.9 Å². The first kappa shape index (κ1) is 19.5. The number of nitrogens with zero attached hydrogens (tertiary/aromatic N) is 3. The fourth-order valence-electron chi connectivity index (χ4n) is 2.57. The van der Waals surface area contributed by atoms with Gasteiger partial charge in [-0.1, -0.05) is 0 Å². The van der Waals surface area contributed by atoms with Crippen LogP contribution in [0.1, 0.15) is 25.2 Å². The van der Waals surface area contributed by atoms with Gasteiger partial charge in [-0.15, -0.1) is 11.3 Å². The third-order valence-electron chi connectivity index (χ3n) is 4.36. The molecular weight excluding hydrogens is 384 g/mol. The Bertz CT molecular complexity index is 1120. The first-order valence-corrected chi connectivity index (χ1v) is 10.8. The molecule has 1 N–H and O–H groups in total. The van der Waals surface area contributed by atoms with E-state index >= 15 is 0 Å². The van der Waals surface area contributed by atoms with Crippen molar-refractivity contribution in [1.82, 2.24) is 13.7 Å². The third-order valence-corrected chi connectivity index (χ3v) is 7.35. The van der Waals surface area contributed by atoms with Gasteiger partial charge in [-0.2, -0.15) is 4.31 Å². The van der Waals surface area contributed by atoms with Crippen molar-refractivity contribution in [2.75, 3.05) is 12.4 Å². The number of thiazole rings is 1. The Morgan fingerprint density at radius 3 is 2.56 bits per heavy atom. The lowest BCUT2D eigenvalue weighted by atomic mass is 10.3. The minimum Gasteiger partial charge on any atom is -0.379 e. The summed E-state index contributed by atoms with van der Waals surface area (Å²) in [4.78, 5) is 17.6. The molecule has 27 heavy (non-hydrogen) atoms. The number of benzene rings is 1. The molecule has 0 saturated heterocycles. The normalized spacial score (nSPS) is 12.2. The molecule has 144 valence electrons. The molecule has 0 radical (unpaired) electrons. The minimum absolute atomic E-state index is 0.103. The van der Waals surface area contributed by atoms with Gasteiger partial charge < -0.3 is 5.32 Å². The van der Waals surface area contributed by atoms with E-state index in [9.17, 15) is 13.2 Å². The summed E-state index contributed by atoms with van der Waals surface area (Å²) in [5, 5.41) is 5.07. The lowest BCUT2D eigenvalue weighted by Crippen LogP contribution is -2.33. The number of hydrogen-bond donors (Lipinski definition) is 1. The predicted molar refractivity (Wildman–Crippen MR) is 108 cm³/mol. The van der Waals surface area contributed by atoms with Gasteiger partial charge in [0.2, 0.25) is 10.0 Å². The zero-order chi connectivity index (χ0) is 19.8. The van der Waals surface area contributed by atoms with Crippen LogP contribution < -0.4 is 10.9 Å². The zero-order valence-corrected chi connectivity index (χ0v) is 17.3. The second-order valence-electron chi connectivity index (χ2n) is 6.57. The van der Waals surface area contributed by atoms with Crippen molar-refractivity contribution in [3.63, 3.8) is 0 Å². The van der Waals surface area contributed by atoms with Crippen LogP contribution in [0.3, 0.4) is 0 Å². The van der Waals surface area contributed by atoms with Crippen molar-refractivity contribution in [3.05, 3.63) is 57.5 Å². The molecule has 0 unspecified atom stereocenters. The third kappa shape index (κ3) is 3.90. The molecule has 0 saturated carbocycles. The molecule has 0 spiro atoms. The predicted octanol–water partition coefficient (Wildman–Crippen LogP) is 2.71. The molecule has 3 rings (SSSR count). The van der Waals surface area contributed by atoms with E-state index < -0.39 is 10.0 Å². The van der Waals surface area contributed by atoms with Crippen molar-refractivity contribution in [2.24, 2.45) is 0 Å². The van der Waals surface area contributed by atoms with E-state index in [1.165, 1.54) is 21.7 Å². The summed E-state index contributed by atoms with van der Waals surface area (Å²) in [5.74, 6) is 0. The molecule has 7 nitrogen and oxygen atoms in total. The molecule has 0 amide bonds. The molecule has 2 aromatic heterocycles. The summed E-state index contributed by atoms with van der Waals surface area (Å²) in [6, 6.07) is 7.96. The number of aryl methyl sites for hydroxylation is 1. The lowest BCUT2D eigenvalue weighted by Gasteiger charge is -2.21. The molecule has 9 heteroatoms. The molecule has 1 aromatic carbocycles. The van der Waals surface area contributed by atoms with Gasteiger partial charge in [0.15, 0.2) is 4.96 Å². The minimum atomic E-state index is -3.50. The molecule has 0 aliphatic carbocycles.